The summed E-state index contributed by atoms with van der Waals surface area (Å²) >= 11 is 0. The van der Waals surface area contributed by atoms with Crippen molar-refractivity contribution in [3.63, 3.8) is 0 Å². The Balaban J connectivity index is 2.99. The van der Waals surface area contributed by atoms with Gasteiger partial charge in [0.15, 0.2) is 0 Å². The number of nitrogens with zero attached hydrogens (tertiary/aromatic N) is 1. The molecular formula is C11H11F3N2O3. The summed E-state index contributed by atoms with van der Waals surface area (Å²) in [6.45, 7) is 1.41. The first kappa shape index (κ1) is 14.9. The van der Waals surface area contributed by atoms with Crippen molar-refractivity contribution in [3.05, 3.63) is 39.4 Å². The lowest BCUT2D eigenvalue weighted by molar-refractivity contribution is -0.385. The zero-order valence-corrected chi connectivity index (χ0v) is 9.95. The maximum Gasteiger partial charge on any atom is 0.416 e. The molecule has 19 heavy (non-hydrogen) atoms. The van der Waals surface area contributed by atoms with Crippen LogP contribution in [0.5, 0.6) is 0 Å². The van der Waals surface area contributed by atoms with Crippen LogP contribution in [0.25, 0.3) is 0 Å². The van der Waals surface area contributed by atoms with E-state index in [9.17, 15) is 28.1 Å². The van der Waals surface area contributed by atoms with E-state index in [1.54, 1.807) is 0 Å². The Hall–Kier alpha value is -2.12. The van der Waals surface area contributed by atoms with E-state index in [2.05, 4.69) is 5.32 Å². The average Bonchev–Trinajstić information content (AvgIpc) is 2.27. The molecule has 1 rings (SSSR count). The van der Waals surface area contributed by atoms with E-state index in [4.69, 9.17) is 0 Å². The van der Waals surface area contributed by atoms with Crippen LogP contribution in [0.3, 0.4) is 0 Å². The van der Waals surface area contributed by atoms with Gasteiger partial charge in [-0.3, -0.25) is 14.9 Å². The van der Waals surface area contributed by atoms with Crippen LogP contribution in [-0.4, -0.2) is 17.4 Å². The third-order valence-corrected chi connectivity index (χ3v) is 2.38. The van der Waals surface area contributed by atoms with E-state index in [0.717, 1.165) is 12.1 Å². The molecule has 0 aliphatic rings. The molecule has 0 saturated carbocycles. The van der Waals surface area contributed by atoms with E-state index in [1.165, 1.54) is 6.92 Å². The largest absolute Gasteiger partial charge is 0.416 e. The lowest BCUT2D eigenvalue weighted by Gasteiger charge is -2.09. The van der Waals surface area contributed by atoms with Crippen molar-refractivity contribution in [2.45, 2.75) is 19.5 Å². The van der Waals surface area contributed by atoms with Crippen LogP contribution >= 0.6 is 0 Å². The molecule has 5 nitrogen and oxygen atoms in total. The van der Waals surface area contributed by atoms with Crippen molar-refractivity contribution in [3.8, 4) is 0 Å². The smallest absolute Gasteiger partial charge is 0.356 e. The van der Waals surface area contributed by atoms with Gasteiger partial charge in [-0.15, -0.1) is 0 Å². The lowest BCUT2D eigenvalue weighted by Crippen LogP contribution is -2.22. The Morgan fingerprint density at radius 2 is 2.05 bits per heavy atom. The number of nitro benzene ring substituents is 1. The average molecular weight is 276 g/mol. The fraction of sp³-hybridized carbons (Fsp3) is 0.364. The number of carbonyl (C=O) groups excluding carboxylic acids is 1. The van der Waals surface area contributed by atoms with Crippen molar-refractivity contribution < 1.29 is 22.9 Å². The molecule has 0 spiro atoms. The second-order valence-electron chi connectivity index (χ2n) is 3.83. The van der Waals surface area contributed by atoms with Gasteiger partial charge in [0.05, 0.1) is 10.5 Å². The quantitative estimate of drug-likeness (QED) is 0.677. The molecule has 0 aliphatic heterocycles. The number of nitrogens with one attached hydrogen (secondary N) is 1. The molecule has 104 valence electrons. The van der Waals surface area contributed by atoms with Gasteiger partial charge in [-0.05, 0) is 12.5 Å². The molecule has 0 radical (unpaired) electrons. The van der Waals surface area contributed by atoms with Crippen LogP contribution in [0, 0.1) is 10.1 Å². The first-order valence-corrected chi connectivity index (χ1v) is 5.30. The number of rotatable bonds is 4. The van der Waals surface area contributed by atoms with Gasteiger partial charge in [0.1, 0.15) is 0 Å². The fourth-order valence-electron chi connectivity index (χ4n) is 1.49. The van der Waals surface area contributed by atoms with Gasteiger partial charge in [-0.2, -0.15) is 13.2 Å². The molecular weight excluding hydrogens is 265 g/mol. The minimum Gasteiger partial charge on any atom is -0.356 e. The topological polar surface area (TPSA) is 72.2 Å². The van der Waals surface area contributed by atoms with Crippen LogP contribution in [-0.2, 0) is 17.4 Å². The number of hydrogen-bond donors (Lipinski definition) is 1. The molecule has 0 atom stereocenters. The van der Waals surface area contributed by atoms with Gasteiger partial charge in [-0.1, -0.05) is 6.07 Å². The summed E-state index contributed by atoms with van der Waals surface area (Å²) in [5.41, 5.74) is -1.52. The summed E-state index contributed by atoms with van der Waals surface area (Å²) in [6, 6.07) is 2.35. The van der Waals surface area contributed by atoms with Gasteiger partial charge >= 0.3 is 6.18 Å². The van der Waals surface area contributed by atoms with Crippen LogP contribution in [0.15, 0.2) is 18.2 Å². The summed E-state index contributed by atoms with van der Waals surface area (Å²) in [5, 5.41) is 13.2. The number of alkyl halides is 3. The molecule has 0 aliphatic carbocycles. The van der Waals surface area contributed by atoms with Crippen molar-refractivity contribution >= 4 is 11.6 Å². The van der Waals surface area contributed by atoms with E-state index in [1.807, 2.05) is 0 Å². The minimum atomic E-state index is -4.62. The van der Waals surface area contributed by atoms with Crippen LogP contribution in [0.2, 0.25) is 0 Å². The van der Waals surface area contributed by atoms with Crippen molar-refractivity contribution in [1.29, 1.82) is 0 Å². The maximum absolute atomic E-state index is 12.4. The van der Waals surface area contributed by atoms with Crippen molar-refractivity contribution in [2.24, 2.45) is 0 Å². The second-order valence-corrected chi connectivity index (χ2v) is 3.83. The highest BCUT2D eigenvalue weighted by Crippen LogP contribution is 2.33. The summed E-state index contributed by atoms with van der Waals surface area (Å²) in [7, 11) is 0. The third-order valence-electron chi connectivity index (χ3n) is 2.38. The molecule has 0 unspecified atom stereocenters. The second kappa shape index (κ2) is 5.68. The van der Waals surface area contributed by atoms with Crippen molar-refractivity contribution in [1.82, 2.24) is 5.32 Å². The number of hydrogen-bond acceptors (Lipinski definition) is 3. The predicted molar refractivity (Wildman–Crippen MR) is 60.5 cm³/mol. The normalized spacial score (nSPS) is 11.2. The molecule has 0 saturated heterocycles. The molecule has 0 heterocycles. The number of nitro groups is 1. The fourth-order valence-corrected chi connectivity index (χ4v) is 1.49. The number of benzene rings is 1. The molecule has 0 aromatic heterocycles. The first-order chi connectivity index (χ1) is 8.71. The SMILES string of the molecule is CC(=O)NCCc1ccc(C(F)(F)F)cc1[N+](=O)[O-]. The summed E-state index contributed by atoms with van der Waals surface area (Å²) in [5.74, 6) is -0.311. The van der Waals surface area contributed by atoms with Gasteiger partial charge in [0.2, 0.25) is 5.91 Å². The van der Waals surface area contributed by atoms with Crippen LogP contribution < -0.4 is 5.32 Å². The highest BCUT2D eigenvalue weighted by atomic mass is 19.4. The molecule has 0 bridgehead atoms. The van der Waals surface area contributed by atoms with Gasteiger partial charge in [0.25, 0.3) is 5.69 Å². The van der Waals surface area contributed by atoms with Crippen molar-refractivity contribution in [2.75, 3.05) is 6.54 Å². The van der Waals surface area contributed by atoms with Gasteiger partial charge in [0, 0.05) is 25.1 Å². The van der Waals surface area contributed by atoms with E-state index in [-0.39, 0.29) is 24.4 Å². The molecule has 1 aromatic carbocycles. The lowest BCUT2D eigenvalue weighted by atomic mass is 10.1. The highest BCUT2D eigenvalue weighted by molar-refractivity contribution is 5.72. The molecule has 1 aromatic rings. The number of carbonyl (C=O) groups is 1. The standard InChI is InChI=1S/C11H11F3N2O3/c1-7(17)15-5-4-8-2-3-9(11(12,13)14)6-10(8)16(18)19/h2-3,6H,4-5H2,1H3,(H,15,17). The molecule has 0 fully saturated rings. The van der Waals surface area contributed by atoms with Gasteiger partial charge in [-0.25, -0.2) is 0 Å². The molecule has 1 N–H and O–H groups in total. The first-order valence-electron chi connectivity index (χ1n) is 5.30. The Bertz CT molecular complexity index is 500. The summed E-state index contributed by atoms with van der Waals surface area (Å²) in [4.78, 5) is 20.5. The number of amides is 1. The molecule has 1 amide bonds. The van der Waals surface area contributed by atoms with E-state index >= 15 is 0 Å². The summed E-state index contributed by atoms with van der Waals surface area (Å²) < 4.78 is 37.3. The van der Waals surface area contributed by atoms with E-state index in [0.29, 0.717) is 6.07 Å². The maximum atomic E-state index is 12.4. The Kier molecular flexibility index (Phi) is 4.47. The van der Waals surface area contributed by atoms with Gasteiger partial charge < -0.3 is 5.32 Å². The zero-order chi connectivity index (χ0) is 14.6. The monoisotopic (exact) mass is 276 g/mol. The Morgan fingerprint density at radius 3 is 2.53 bits per heavy atom. The highest BCUT2D eigenvalue weighted by Gasteiger charge is 2.32. The molecule has 8 heteroatoms. The zero-order valence-electron chi connectivity index (χ0n) is 9.95. The van der Waals surface area contributed by atoms with Crippen LogP contribution in [0.4, 0.5) is 18.9 Å². The van der Waals surface area contributed by atoms with Crippen LogP contribution in [0.1, 0.15) is 18.1 Å². The Labute approximate surface area is 106 Å². The summed E-state index contributed by atoms with van der Waals surface area (Å²) in [6.07, 6.45) is -4.53. The third kappa shape index (κ3) is 4.23. The van der Waals surface area contributed by atoms with E-state index < -0.39 is 22.4 Å². The number of halogens is 3. The Morgan fingerprint density at radius 1 is 1.42 bits per heavy atom. The predicted octanol–water partition coefficient (Wildman–Crippen LogP) is 2.29. The minimum absolute atomic E-state index is 0.0913.